The van der Waals surface area contributed by atoms with Gasteiger partial charge in [0.1, 0.15) is 0 Å². The van der Waals surface area contributed by atoms with Crippen LogP contribution in [0.25, 0.3) is 0 Å². The predicted molar refractivity (Wildman–Crippen MR) is 72.5 cm³/mol. The Labute approximate surface area is 109 Å². The molecule has 18 heavy (non-hydrogen) atoms. The van der Waals surface area contributed by atoms with E-state index in [0.717, 1.165) is 12.2 Å². The van der Waals surface area contributed by atoms with Crippen LogP contribution in [0.4, 0.5) is 0 Å². The molecule has 1 aromatic rings. The monoisotopic (exact) mass is 252 g/mol. The quantitative estimate of drug-likeness (QED) is 0.830. The first-order valence-corrected chi connectivity index (χ1v) is 6.43. The number of carbonyl (C=O) groups is 1. The van der Waals surface area contributed by atoms with Crippen molar-refractivity contribution in [3.8, 4) is 0 Å². The van der Waals surface area contributed by atoms with E-state index in [4.69, 9.17) is 0 Å². The number of hydrogen-bond donors (Lipinski definition) is 2. The Bertz CT molecular complexity index is 425. The molecule has 2 atom stereocenters. The highest BCUT2D eigenvalue weighted by atomic mass is 16.2. The van der Waals surface area contributed by atoms with Crippen LogP contribution in [0, 0.1) is 13.8 Å². The molecule has 5 heteroatoms. The topological polar surface area (TPSA) is 59.0 Å². The molecule has 102 valence electrons. The number of hydrogen-bond acceptors (Lipinski definition) is 3. The first kappa shape index (κ1) is 14.7. The summed E-state index contributed by atoms with van der Waals surface area (Å²) in [5.41, 5.74) is 3.38. The van der Waals surface area contributed by atoms with E-state index in [2.05, 4.69) is 36.5 Å². The van der Waals surface area contributed by atoms with Crippen molar-refractivity contribution in [3.63, 3.8) is 0 Å². The van der Waals surface area contributed by atoms with Gasteiger partial charge in [-0.3, -0.25) is 14.8 Å². The lowest BCUT2D eigenvalue weighted by Gasteiger charge is -2.19. The third-order valence-corrected chi connectivity index (χ3v) is 3.31. The summed E-state index contributed by atoms with van der Waals surface area (Å²) < 4.78 is 1.99. The molecule has 0 radical (unpaired) electrons. The van der Waals surface area contributed by atoms with Gasteiger partial charge in [-0.05, 0) is 34.6 Å². The second kappa shape index (κ2) is 6.00. The van der Waals surface area contributed by atoms with Crippen molar-refractivity contribution >= 4 is 5.91 Å². The predicted octanol–water partition coefficient (Wildman–Crippen LogP) is 1.30. The van der Waals surface area contributed by atoms with Crippen LogP contribution in [-0.2, 0) is 11.3 Å². The van der Waals surface area contributed by atoms with Crippen LogP contribution in [0.5, 0.6) is 0 Å². The minimum Gasteiger partial charge on any atom is -0.358 e. The van der Waals surface area contributed by atoms with Crippen molar-refractivity contribution in [1.82, 2.24) is 20.4 Å². The SMILES string of the molecule is CCn1nc(C)c(C(C)NC(C)C(=O)NC)c1C. The molecule has 5 nitrogen and oxygen atoms in total. The molecule has 1 amide bonds. The number of amides is 1. The maximum Gasteiger partial charge on any atom is 0.236 e. The average Bonchev–Trinajstić information content (AvgIpc) is 2.62. The van der Waals surface area contributed by atoms with Crippen LogP contribution in [-0.4, -0.2) is 28.8 Å². The third kappa shape index (κ3) is 2.90. The normalized spacial score (nSPS) is 14.3. The van der Waals surface area contributed by atoms with Crippen molar-refractivity contribution in [3.05, 3.63) is 17.0 Å². The molecule has 0 fully saturated rings. The molecular formula is C13H24N4O. The van der Waals surface area contributed by atoms with Gasteiger partial charge in [-0.25, -0.2) is 0 Å². The molecule has 0 aliphatic heterocycles. The summed E-state index contributed by atoms with van der Waals surface area (Å²) in [7, 11) is 1.65. The maximum atomic E-state index is 11.5. The lowest BCUT2D eigenvalue weighted by Crippen LogP contribution is -2.41. The fraction of sp³-hybridized carbons (Fsp3) is 0.692. The Kier molecular flexibility index (Phi) is 4.90. The van der Waals surface area contributed by atoms with E-state index in [9.17, 15) is 4.79 Å². The van der Waals surface area contributed by atoms with Crippen LogP contribution < -0.4 is 10.6 Å². The molecule has 2 N–H and O–H groups in total. The zero-order chi connectivity index (χ0) is 13.9. The van der Waals surface area contributed by atoms with Crippen molar-refractivity contribution < 1.29 is 4.79 Å². The van der Waals surface area contributed by atoms with E-state index in [1.54, 1.807) is 7.05 Å². The van der Waals surface area contributed by atoms with Gasteiger partial charge in [0, 0.05) is 30.9 Å². The molecule has 0 spiro atoms. The number of aryl methyl sites for hydroxylation is 2. The number of rotatable bonds is 5. The fourth-order valence-electron chi connectivity index (χ4n) is 2.40. The minimum atomic E-state index is -0.214. The summed E-state index contributed by atoms with van der Waals surface area (Å²) in [4.78, 5) is 11.5. The van der Waals surface area contributed by atoms with E-state index >= 15 is 0 Å². The zero-order valence-corrected chi connectivity index (χ0v) is 12.2. The molecule has 1 aromatic heterocycles. The van der Waals surface area contributed by atoms with Crippen molar-refractivity contribution in [2.24, 2.45) is 0 Å². The molecule has 1 rings (SSSR count). The summed E-state index contributed by atoms with van der Waals surface area (Å²) in [6.45, 7) is 11.0. The van der Waals surface area contributed by atoms with Crippen LogP contribution in [0.15, 0.2) is 0 Å². The Hall–Kier alpha value is -1.36. The third-order valence-electron chi connectivity index (χ3n) is 3.31. The van der Waals surface area contributed by atoms with Crippen LogP contribution in [0.2, 0.25) is 0 Å². The lowest BCUT2D eigenvalue weighted by molar-refractivity contribution is -0.122. The maximum absolute atomic E-state index is 11.5. The van der Waals surface area contributed by atoms with Gasteiger partial charge in [-0.15, -0.1) is 0 Å². The summed E-state index contributed by atoms with van der Waals surface area (Å²) in [5.74, 6) is 0.0000366. The Morgan fingerprint density at radius 1 is 1.39 bits per heavy atom. The highest BCUT2D eigenvalue weighted by Gasteiger charge is 2.20. The smallest absolute Gasteiger partial charge is 0.236 e. The van der Waals surface area contributed by atoms with Gasteiger partial charge >= 0.3 is 0 Å². The standard InChI is InChI=1S/C13H24N4O/c1-7-17-11(5)12(9(3)16-17)8(2)15-10(4)13(18)14-6/h8,10,15H,7H2,1-6H3,(H,14,18). The second-order valence-electron chi connectivity index (χ2n) is 4.62. The summed E-state index contributed by atoms with van der Waals surface area (Å²) in [5, 5.41) is 10.4. The van der Waals surface area contributed by atoms with Gasteiger partial charge in [0.15, 0.2) is 0 Å². The van der Waals surface area contributed by atoms with E-state index in [0.29, 0.717) is 0 Å². The number of nitrogens with one attached hydrogen (secondary N) is 2. The highest BCUT2D eigenvalue weighted by molar-refractivity contribution is 5.80. The van der Waals surface area contributed by atoms with Crippen LogP contribution in [0.1, 0.15) is 43.8 Å². The minimum absolute atomic E-state index is 0.0000366. The summed E-state index contributed by atoms with van der Waals surface area (Å²) >= 11 is 0. The molecular weight excluding hydrogens is 228 g/mol. The van der Waals surface area contributed by atoms with Gasteiger partial charge in [0.2, 0.25) is 5.91 Å². The van der Waals surface area contributed by atoms with E-state index in [-0.39, 0.29) is 18.0 Å². The number of likely N-dealkylation sites (N-methyl/N-ethyl adjacent to an activating group) is 1. The number of nitrogens with zero attached hydrogens (tertiary/aromatic N) is 2. The average molecular weight is 252 g/mol. The molecule has 2 unspecified atom stereocenters. The molecule has 1 heterocycles. The highest BCUT2D eigenvalue weighted by Crippen LogP contribution is 2.21. The molecule has 0 bridgehead atoms. The molecule has 0 saturated carbocycles. The van der Waals surface area contributed by atoms with Gasteiger partial charge < -0.3 is 5.32 Å². The molecule has 0 aliphatic carbocycles. The zero-order valence-electron chi connectivity index (χ0n) is 12.2. The van der Waals surface area contributed by atoms with Gasteiger partial charge in [0.25, 0.3) is 0 Å². The molecule has 0 aliphatic rings. The van der Waals surface area contributed by atoms with Crippen LogP contribution in [0.3, 0.4) is 0 Å². The van der Waals surface area contributed by atoms with Gasteiger partial charge in [0.05, 0.1) is 11.7 Å². The molecule has 0 saturated heterocycles. The Morgan fingerprint density at radius 2 is 2.00 bits per heavy atom. The largest absolute Gasteiger partial charge is 0.358 e. The van der Waals surface area contributed by atoms with E-state index in [1.165, 1.54) is 11.3 Å². The van der Waals surface area contributed by atoms with E-state index in [1.807, 2.05) is 18.5 Å². The van der Waals surface area contributed by atoms with Crippen molar-refractivity contribution in [2.75, 3.05) is 7.05 Å². The second-order valence-corrected chi connectivity index (χ2v) is 4.62. The number of carbonyl (C=O) groups excluding carboxylic acids is 1. The first-order valence-electron chi connectivity index (χ1n) is 6.43. The number of aromatic nitrogens is 2. The van der Waals surface area contributed by atoms with Gasteiger partial charge in [-0.1, -0.05) is 0 Å². The lowest BCUT2D eigenvalue weighted by atomic mass is 10.1. The first-order chi connectivity index (χ1) is 8.42. The van der Waals surface area contributed by atoms with E-state index < -0.39 is 0 Å². The Morgan fingerprint density at radius 3 is 2.44 bits per heavy atom. The Balaban J connectivity index is 2.87. The van der Waals surface area contributed by atoms with Crippen molar-refractivity contribution in [2.45, 2.75) is 53.2 Å². The van der Waals surface area contributed by atoms with Crippen molar-refractivity contribution in [1.29, 1.82) is 0 Å². The van der Waals surface area contributed by atoms with Crippen LogP contribution >= 0.6 is 0 Å². The van der Waals surface area contributed by atoms with Gasteiger partial charge in [-0.2, -0.15) is 5.10 Å². The summed E-state index contributed by atoms with van der Waals surface area (Å²) in [6.07, 6.45) is 0. The fourth-order valence-corrected chi connectivity index (χ4v) is 2.40. The molecule has 0 aromatic carbocycles. The summed E-state index contributed by atoms with van der Waals surface area (Å²) in [6, 6.07) is -0.105.